The summed E-state index contributed by atoms with van der Waals surface area (Å²) in [6.45, 7) is 3.70. The standard InChI is InChI=1S/C9H15N3O2/c1-3-4-8(9(13)14)12-5-7(10)6(2)11-12/h5,8H,3-4,10H2,1-2H3,(H,13,14). The maximum atomic E-state index is 10.9. The van der Waals surface area contributed by atoms with Crippen LogP contribution in [0.1, 0.15) is 31.5 Å². The second kappa shape index (κ2) is 4.13. The summed E-state index contributed by atoms with van der Waals surface area (Å²) in [5, 5.41) is 13.0. The van der Waals surface area contributed by atoms with Crippen LogP contribution in [-0.4, -0.2) is 20.9 Å². The number of hydrogen-bond acceptors (Lipinski definition) is 3. The van der Waals surface area contributed by atoms with Crippen LogP contribution in [0.4, 0.5) is 5.69 Å². The molecule has 1 heterocycles. The maximum absolute atomic E-state index is 10.9. The van der Waals surface area contributed by atoms with Crippen molar-refractivity contribution in [3.63, 3.8) is 0 Å². The molecular formula is C9H15N3O2. The van der Waals surface area contributed by atoms with Gasteiger partial charge in [0.2, 0.25) is 0 Å². The molecule has 1 unspecified atom stereocenters. The molecule has 3 N–H and O–H groups in total. The van der Waals surface area contributed by atoms with Crippen molar-refractivity contribution >= 4 is 11.7 Å². The zero-order valence-corrected chi connectivity index (χ0v) is 8.40. The second-order valence-electron chi connectivity index (χ2n) is 3.29. The highest BCUT2D eigenvalue weighted by molar-refractivity contribution is 5.71. The number of carboxylic acids is 1. The topological polar surface area (TPSA) is 81.1 Å². The van der Waals surface area contributed by atoms with Gasteiger partial charge in [-0.3, -0.25) is 4.68 Å². The number of aliphatic carboxylic acids is 1. The lowest BCUT2D eigenvalue weighted by Crippen LogP contribution is -2.19. The van der Waals surface area contributed by atoms with E-state index in [1.807, 2.05) is 6.92 Å². The molecule has 14 heavy (non-hydrogen) atoms. The predicted molar refractivity (Wildman–Crippen MR) is 53.0 cm³/mol. The molecular weight excluding hydrogens is 182 g/mol. The molecule has 0 aliphatic heterocycles. The van der Waals surface area contributed by atoms with Gasteiger partial charge in [0.05, 0.1) is 11.4 Å². The van der Waals surface area contributed by atoms with Gasteiger partial charge in [0.1, 0.15) is 6.04 Å². The first-order valence-electron chi connectivity index (χ1n) is 4.60. The van der Waals surface area contributed by atoms with Crippen LogP contribution in [0, 0.1) is 6.92 Å². The van der Waals surface area contributed by atoms with Crippen molar-refractivity contribution in [3.8, 4) is 0 Å². The Hall–Kier alpha value is -1.52. The molecule has 0 saturated heterocycles. The van der Waals surface area contributed by atoms with Crippen LogP contribution < -0.4 is 5.73 Å². The van der Waals surface area contributed by atoms with Gasteiger partial charge >= 0.3 is 5.97 Å². The highest BCUT2D eigenvalue weighted by Gasteiger charge is 2.19. The second-order valence-corrected chi connectivity index (χ2v) is 3.29. The van der Waals surface area contributed by atoms with Gasteiger partial charge in [-0.2, -0.15) is 5.10 Å². The Balaban J connectivity index is 2.93. The lowest BCUT2D eigenvalue weighted by molar-refractivity contribution is -0.141. The average Bonchev–Trinajstić information content (AvgIpc) is 2.42. The van der Waals surface area contributed by atoms with Crippen LogP contribution in [0.25, 0.3) is 0 Å². The first-order chi connectivity index (χ1) is 6.56. The maximum Gasteiger partial charge on any atom is 0.328 e. The average molecular weight is 197 g/mol. The van der Waals surface area contributed by atoms with Crippen molar-refractivity contribution in [2.24, 2.45) is 0 Å². The Kier molecular flexibility index (Phi) is 3.11. The lowest BCUT2D eigenvalue weighted by Gasteiger charge is -2.10. The normalized spacial score (nSPS) is 12.7. The molecule has 0 amide bonds. The van der Waals surface area contributed by atoms with Crippen molar-refractivity contribution < 1.29 is 9.90 Å². The Morgan fingerprint density at radius 1 is 1.79 bits per heavy atom. The van der Waals surface area contributed by atoms with E-state index >= 15 is 0 Å². The van der Waals surface area contributed by atoms with Crippen LogP contribution in [-0.2, 0) is 4.79 Å². The summed E-state index contributed by atoms with van der Waals surface area (Å²) in [5.41, 5.74) is 6.81. The number of carboxylic acid groups (broad SMARTS) is 1. The molecule has 0 fully saturated rings. The zero-order chi connectivity index (χ0) is 10.7. The van der Waals surface area contributed by atoms with Gasteiger partial charge in [0.25, 0.3) is 0 Å². The third kappa shape index (κ3) is 2.04. The first-order valence-corrected chi connectivity index (χ1v) is 4.60. The number of nitrogen functional groups attached to an aromatic ring is 1. The highest BCUT2D eigenvalue weighted by atomic mass is 16.4. The highest BCUT2D eigenvalue weighted by Crippen LogP contribution is 2.17. The fourth-order valence-corrected chi connectivity index (χ4v) is 1.30. The van der Waals surface area contributed by atoms with Crippen molar-refractivity contribution in [2.45, 2.75) is 32.7 Å². The van der Waals surface area contributed by atoms with E-state index in [0.717, 1.165) is 6.42 Å². The minimum Gasteiger partial charge on any atom is -0.480 e. The molecule has 0 aromatic carbocycles. The fraction of sp³-hybridized carbons (Fsp3) is 0.556. The van der Waals surface area contributed by atoms with Gasteiger partial charge in [0.15, 0.2) is 0 Å². The summed E-state index contributed by atoms with van der Waals surface area (Å²) in [7, 11) is 0. The molecule has 0 radical (unpaired) electrons. The zero-order valence-electron chi connectivity index (χ0n) is 8.40. The number of anilines is 1. The summed E-state index contributed by atoms with van der Waals surface area (Å²) in [6.07, 6.45) is 2.94. The van der Waals surface area contributed by atoms with Gasteiger partial charge < -0.3 is 10.8 Å². The minimum absolute atomic E-state index is 0.535. The Morgan fingerprint density at radius 2 is 2.43 bits per heavy atom. The van der Waals surface area contributed by atoms with E-state index in [1.165, 1.54) is 4.68 Å². The van der Waals surface area contributed by atoms with Gasteiger partial charge in [-0.05, 0) is 13.3 Å². The van der Waals surface area contributed by atoms with E-state index in [9.17, 15) is 4.79 Å². The Morgan fingerprint density at radius 3 is 2.79 bits per heavy atom. The summed E-state index contributed by atoms with van der Waals surface area (Å²) < 4.78 is 1.43. The molecule has 0 aliphatic rings. The molecule has 0 bridgehead atoms. The van der Waals surface area contributed by atoms with E-state index < -0.39 is 12.0 Å². The quantitative estimate of drug-likeness (QED) is 0.759. The summed E-state index contributed by atoms with van der Waals surface area (Å²) >= 11 is 0. The molecule has 78 valence electrons. The largest absolute Gasteiger partial charge is 0.480 e. The number of nitrogens with two attached hydrogens (primary N) is 1. The smallest absolute Gasteiger partial charge is 0.328 e. The molecule has 5 heteroatoms. The molecule has 5 nitrogen and oxygen atoms in total. The van der Waals surface area contributed by atoms with E-state index in [4.69, 9.17) is 10.8 Å². The van der Waals surface area contributed by atoms with Crippen LogP contribution in [0.3, 0.4) is 0 Å². The van der Waals surface area contributed by atoms with E-state index in [1.54, 1.807) is 13.1 Å². The monoisotopic (exact) mass is 197 g/mol. The molecule has 1 aromatic heterocycles. The Labute approximate surface area is 82.5 Å². The number of aryl methyl sites for hydroxylation is 1. The van der Waals surface area contributed by atoms with E-state index in [2.05, 4.69) is 5.10 Å². The van der Waals surface area contributed by atoms with E-state index in [0.29, 0.717) is 17.8 Å². The van der Waals surface area contributed by atoms with Crippen LogP contribution >= 0.6 is 0 Å². The fourth-order valence-electron chi connectivity index (χ4n) is 1.30. The SMILES string of the molecule is CCCC(C(=O)O)n1cc(N)c(C)n1. The summed E-state index contributed by atoms with van der Waals surface area (Å²) in [6, 6.07) is -0.601. The Bertz CT molecular complexity index is 313. The summed E-state index contributed by atoms with van der Waals surface area (Å²) in [5.74, 6) is -0.866. The van der Waals surface area contributed by atoms with Crippen molar-refractivity contribution in [1.82, 2.24) is 9.78 Å². The number of carbonyl (C=O) groups is 1. The molecule has 1 aromatic rings. The third-order valence-corrected chi connectivity index (χ3v) is 2.12. The van der Waals surface area contributed by atoms with Crippen LogP contribution in [0.2, 0.25) is 0 Å². The van der Waals surface area contributed by atoms with Gasteiger partial charge in [-0.1, -0.05) is 13.3 Å². The number of hydrogen-bond donors (Lipinski definition) is 2. The predicted octanol–water partition coefficient (Wildman–Crippen LogP) is 1.20. The number of aromatic nitrogens is 2. The molecule has 1 rings (SSSR count). The van der Waals surface area contributed by atoms with Crippen LogP contribution in [0.5, 0.6) is 0 Å². The molecule has 0 saturated carbocycles. The van der Waals surface area contributed by atoms with Crippen molar-refractivity contribution in [2.75, 3.05) is 5.73 Å². The lowest BCUT2D eigenvalue weighted by atomic mass is 10.2. The molecule has 1 atom stereocenters. The van der Waals surface area contributed by atoms with Crippen LogP contribution in [0.15, 0.2) is 6.20 Å². The number of rotatable bonds is 4. The minimum atomic E-state index is -0.866. The van der Waals surface area contributed by atoms with Gasteiger partial charge in [-0.25, -0.2) is 4.79 Å². The molecule has 0 spiro atoms. The van der Waals surface area contributed by atoms with Gasteiger partial charge in [-0.15, -0.1) is 0 Å². The first kappa shape index (κ1) is 10.6. The van der Waals surface area contributed by atoms with Gasteiger partial charge in [0, 0.05) is 6.20 Å². The van der Waals surface area contributed by atoms with Crippen molar-refractivity contribution in [1.29, 1.82) is 0 Å². The third-order valence-electron chi connectivity index (χ3n) is 2.12. The van der Waals surface area contributed by atoms with Crippen molar-refractivity contribution in [3.05, 3.63) is 11.9 Å². The molecule has 0 aliphatic carbocycles. The summed E-state index contributed by atoms with van der Waals surface area (Å²) in [4.78, 5) is 10.9. The number of nitrogens with zero attached hydrogens (tertiary/aromatic N) is 2. The van der Waals surface area contributed by atoms with E-state index in [-0.39, 0.29) is 0 Å².